The monoisotopic (exact) mass is 990 g/mol. The Kier molecular flexibility index (Phi) is 11.8. The van der Waals surface area contributed by atoms with Gasteiger partial charge in [0.25, 0.3) is 0 Å². The number of rotatable bonds is 6. The molecule has 0 spiro atoms. The Bertz CT molecular complexity index is 4080. The van der Waals surface area contributed by atoms with Crippen molar-refractivity contribution >= 4 is 55.0 Å². The first kappa shape index (κ1) is 49.6. The molecule has 8 aromatic carbocycles. The molecule has 0 saturated carbocycles. The van der Waals surface area contributed by atoms with Crippen molar-refractivity contribution in [2.45, 2.75) is 105 Å². The van der Waals surface area contributed by atoms with Gasteiger partial charge in [-0.25, -0.2) is 24.6 Å². The smallest absolute Gasteiger partial charge is 0.189 e. The fraction of sp³-hybridized carbons (Fsp3) is 0.232. The lowest BCUT2D eigenvalue weighted by atomic mass is 9.85. The molecule has 374 valence electrons. The van der Waals surface area contributed by atoms with Crippen LogP contribution in [0.15, 0.2) is 164 Å². The summed E-state index contributed by atoms with van der Waals surface area (Å²) < 4.78 is 4.67. The quantitative estimate of drug-likeness (QED) is 0.156. The average molecular weight is 990 g/mol. The largest absolute Gasteiger partial charge is 0.310 e. The van der Waals surface area contributed by atoms with E-state index in [9.17, 15) is 0 Å². The zero-order chi connectivity index (χ0) is 53.6. The second-order valence-corrected chi connectivity index (χ2v) is 24.5. The van der Waals surface area contributed by atoms with Crippen molar-refractivity contribution in [2.24, 2.45) is 0 Å². The summed E-state index contributed by atoms with van der Waals surface area (Å²) in [6.07, 6.45) is 0. The molecule has 0 atom stereocenters. The summed E-state index contributed by atoms with van der Waals surface area (Å²) in [6.45, 7) is 43.3. The molecule has 0 bridgehead atoms. The van der Waals surface area contributed by atoms with Crippen molar-refractivity contribution in [1.29, 1.82) is 0 Å². The molecule has 0 amide bonds. The molecule has 0 aliphatic rings. The van der Waals surface area contributed by atoms with Crippen LogP contribution in [0.4, 0.5) is 11.4 Å². The van der Waals surface area contributed by atoms with E-state index in [2.05, 4.69) is 199 Å². The van der Waals surface area contributed by atoms with Crippen molar-refractivity contribution in [3.8, 4) is 56.7 Å². The molecule has 0 saturated heterocycles. The molecule has 0 aliphatic heterocycles. The van der Waals surface area contributed by atoms with Crippen LogP contribution in [0.1, 0.15) is 105 Å². The van der Waals surface area contributed by atoms with Crippen molar-refractivity contribution in [1.82, 2.24) is 24.1 Å². The van der Waals surface area contributed by atoms with E-state index >= 15 is 0 Å². The predicted octanol–water partition coefficient (Wildman–Crippen LogP) is 19.0. The lowest BCUT2D eigenvalue weighted by molar-refractivity contribution is 0.590. The first-order valence-electron chi connectivity index (χ1n) is 26.2. The summed E-state index contributed by atoms with van der Waals surface area (Å²) in [5.74, 6) is 1.51. The van der Waals surface area contributed by atoms with E-state index < -0.39 is 0 Å². The molecule has 76 heavy (non-hydrogen) atoms. The maximum absolute atomic E-state index is 8.30. The fourth-order valence-corrected chi connectivity index (χ4v) is 10.6. The van der Waals surface area contributed by atoms with Gasteiger partial charge in [-0.1, -0.05) is 174 Å². The second kappa shape index (κ2) is 18.0. The Morgan fingerprint density at radius 3 is 1.12 bits per heavy atom. The summed E-state index contributed by atoms with van der Waals surface area (Å²) in [5, 5.41) is 4.63. The molecule has 0 aliphatic carbocycles. The Hall–Kier alpha value is -8.65. The van der Waals surface area contributed by atoms with Crippen molar-refractivity contribution < 1.29 is 0 Å². The van der Waals surface area contributed by atoms with Gasteiger partial charge < -0.3 is 9.13 Å². The van der Waals surface area contributed by atoms with E-state index in [-0.39, 0.29) is 21.7 Å². The van der Waals surface area contributed by atoms with Crippen LogP contribution in [0.3, 0.4) is 0 Å². The number of benzene rings is 8. The molecule has 0 unspecified atom stereocenters. The molecular weight excluding hydrogens is 927 g/mol. The number of fused-ring (bicyclic) bond motifs is 6. The first-order chi connectivity index (χ1) is 36.1. The van der Waals surface area contributed by atoms with E-state index in [0.717, 1.165) is 72.0 Å². The third-order valence-corrected chi connectivity index (χ3v) is 15.0. The highest BCUT2D eigenvalue weighted by atomic mass is 15.1. The summed E-state index contributed by atoms with van der Waals surface area (Å²) >= 11 is 0. The van der Waals surface area contributed by atoms with Gasteiger partial charge in [-0.05, 0) is 128 Å². The Balaban J connectivity index is 1.23. The molecule has 0 radical (unpaired) electrons. The van der Waals surface area contributed by atoms with Gasteiger partial charge >= 0.3 is 0 Å². The topological polar surface area (TPSA) is 57.2 Å². The van der Waals surface area contributed by atoms with Gasteiger partial charge in [-0.3, -0.25) is 0 Å². The van der Waals surface area contributed by atoms with Gasteiger partial charge in [-0.15, -0.1) is 0 Å². The maximum Gasteiger partial charge on any atom is 0.189 e. The standard InChI is InChI=1S/C69H63N7/c1-66(2,3)45-24-31-57-53(37-45)54-38-46(67(4,5)6)25-32-58(54)75(57)61-36-44(43-21-18-22-49(35-43)70-13)23-29-51(61)64-72-63(42-19-16-15-17-20-42)73-65(74-64)52-30-28-50(71-14)41-62(52)76-59-33-26-47(68(7,8)9)39-55(59)56-40-48(69(10,11)12)27-34-60(56)76/h15-41H,1-12H3. The minimum Gasteiger partial charge on any atom is -0.310 e. The predicted molar refractivity (Wildman–Crippen MR) is 318 cm³/mol. The van der Waals surface area contributed by atoms with Crippen LogP contribution in [0.2, 0.25) is 0 Å². The van der Waals surface area contributed by atoms with Crippen LogP contribution in [-0.4, -0.2) is 24.1 Å². The van der Waals surface area contributed by atoms with Crippen molar-refractivity contribution in [2.75, 3.05) is 0 Å². The lowest BCUT2D eigenvalue weighted by Gasteiger charge is -2.20. The van der Waals surface area contributed by atoms with Crippen LogP contribution in [0.5, 0.6) is 0 Å². The molecule has 11 rings (SSSR count). The van der Waals surface area contributed by atoms with Crippen LogP contribution in [0, 0.1) is 13.1 Å². The van der Waals surface area contributed by atoms with E-state index in [1.807, 2.05) is 66.7 Å². The van der Waals surface area contributed by atoms with Crippen LogP contribution in [0.25, 0.3) is 110 Å². The summed E-state index contributed by atoms with van der Waals surface area (Å²) in [5.41, 5.74) is 16.0. The van der Waals surface area contributed by atoms with E-state index in [4.69, 9.17) is 28.1 Å². The molecule has 7 heteroatoms. The SMILES string of the molecule is [C-]#[N+]c1cccc(-c2ccc(-c3nc(-c4ccccc4)nc(-c4ccc([N+]#[C-])cc4-n4c5ccc(C(C)(C)C)cc5c5cc(C(C)(C)C)ccc54)n3)c(-n3c4ccc(C(C)(C)C)cc4c4cc(C(C)(C)C)ccc43)c2)c1. The number of hydrogen-bond donors (Lipinski definition) is 0. The molecular formula is C69H63N7. The maximum atomic E-state index is 8.30. The van der Waals surface area contributed by atoms with Crippen LogP contribution >= 0.6 is 0 Å². The molecule has 7 nitrogen and oxygen atoms in total. The highest BCUT2D eigenvalue weighted by Gasteiger charge is 2.27. The second-order valence-electron chi connectivity index (χ2n) is 24.5. The molecule has 3 aromatic heterocycles. The Labute approximate surface area is 447 Å². The van der Waals surface area contributed by atoms with Gasteiger partial charge in [0, 0.05) is 43.9 Å². The van der Waals surface area contributed by atoms with E-state index in [1.54, 1.807) is 0 Å². The summed E-state index contributed by atoms with van der Waals surface area (Å²) in [6, 6.07) is 57.7. The van der Waals surface area contributed by atoms with Gasteiger partial charge in [-0.2, -0.15) is 0 Å². The Morgan fingerprint density at radius 2 is 0.697 bits per heavy atom. The minimum atomic E-state index is -0.0753. The molecule has 3 heterocycles. The number of nitrogens with zero attached hydrogens (tertiary/aromatic N) is 7. The first-order valence-corrected chi connectivity index (χ1v) is 26.2. The lowest BCUT2D eigenvalue weighted by Crippen LogP contribution is -2.10. The average Bonchev–Trinajstić information content (AvgIpc) is 4.07. The normalized spacial score (nSPS) is 12.4. The van der Waals surface area contributed by atoms with Gasteiger partial charge in [0.15, 0.2) is 28.8 Å². The summed E-state index contributed by atoms with van der Waals surface area (Å²) in [4.78, 5) is 24.2. The van der Waals surface area contributed by atoms with Gasteiger partial charge in [0.2, 0.25) is 0 Å². The molecule has 0 N–H and O–H groups in total. The van der Waals surface area contributed by atoms with Crippen LogP contribution in [-0.2, 0) is 21.7 Å². The van der Waals surface area contributed by atoms with Crippen molar-refractivity contribution in [3.05, 3.63) is 209 Å². The zero-order valence-electron chi connectivity index (χ0n) is 45.7. The summed E-state index contributed by atoms with van der Waals surface area (Å²) in [7, 11) is 0. The number of hydrogen-bond acceptors (Lipinski definition) is 3. The zero-order valence-corrected chi connectivity index (χ0v) is 45.7. The Morgan fingerprint density at radius 1 is 0.329 bits per heavy atom. The van der Waals surface area contributed by atoms with Gasteiger partial charge in [0.05, 0.1) is 40.9 Å². The number of aromatic nitrogens is 5. The van der Waals surface area contributed by atoms with E-state index in [0.29, 0.717) is 28.8 Å². The van der Waals surface area contributed by atoms with E-state index in [1.165, 1.54) is 33.0 Å². The van der Waals surface area contributed by atoms with Crippen molar-refractivity contribution in [3.63, 3.8) is 0 Å². The highest BCUT2D eigenvalue weighted by molar-refractivity contribution is 6.12. The third kappa shape index (κ3) is 8.80. The molecule has 0 fully saturated rings. The van der Waals surface area contributed by atoms with Gasteiger partial charge in [0.1, 0.15) is 0 Å². The minimum absolute atomic E-state index is 0.0721. The fourth-order valence-electron chi connectivity index (χ4n) is 10.6. The highest BCUT2D eigenvalue weighted by Crippen LogP contribution is 2.44. The van der Waals surface area contributed by atoms with Crippen LogP contribution < -0.4 is 0 Å². The molecule has 11 aromatic rings. The third-order valence-electron chi connectivity index (χ3n) is 15.0.